The zero-order valence-electron chi connectivity index (χ0n) is 13.1. The summed E-state index contributed by atoms with van der Waals surface area (Å²) in [6, 6.07) is 6.61. The van der Waals surface area contributed by atoms with E-state index in [0.29, 0.717) is 5.92 Å². The van der Waals surface area contributed by atoms with Crippen LogP contribution in [0, 0.1) is 5.92 Å². The molecule has 0 aliphatic carbocycles. The van der Waals surface area contributed by atoms with E-state index in [4.69, 9.17) is 22.1 Å². The molecular formula is C17H27ClN2O. The van der Waals surface area contributed by atoms with Crippen molar-refractivity contribution in [1.29, 1.82) is 0 Å². The molecule has 1 aromatic rings. The Morgan fingerprint density at radius 2 is 2.10 bits per heavy atom. The van der Waals surface area contributed by atoms with Gasteiger partial charge in [-0.1, -0.05) is 24.6 Å². The molecule has 1 aromatic carbocycles. The Balaban J connectivity index is 1.98. The summed E-state index contributed by atoms with van der Waals surface area (Å²) in [5.41, 5.74) is 8.40. The van der Waals surface area contributed by atoms with Crippen LogP contribution < -0.4 is 10.6 Å². The van der Waals surface area contributed by atoms with E-state index in [1.54, 1.807) is 7.11 Å². The maximum absolute atomic E-state index is 6.48. The highest BCUT2D eigenvalue weighted by atomic mass is 35.5. The first-order chi connectivity index (χ1) is 10.1. The molecule has 2 rings (SSSR count). The summed E-state index contributed by atoms with van der Waals surface area (Å²) < 4.78 is 5.25. The molecule has 0 spiro atoms. The van der Waals surface area contributed by atoms with Gasteiger partial charge in [-0.25, -0.2) is 0 Å². The molecule has 0 radical (unpaired) electrons. The van der Waals surface area contributed by atoms with Crippen LogP contribution in [0.25, 0.3) is 0 Å². The average Bonchev–Trinajstić information content (AvgIpc) is 2.49. The quantitative estimate of drug-likeness (QED) is 0.874. The molecule has 118 valence electrons. The van der Waals surface area contributed by atoms with Gasteiger partial charge in [0.2, 0.25) is 0 Å². The van der Waals surface area contributed by atoms with Gasteiger partial charge in [0, 0.05) is 32.8 Å². The minimum absolute atomic E-state index is 0.219. The highest BCUT2D eigenvalue weighted by molar-refractivity contribution is 6.33. The summed E-state index contributed by atoms with van der Waals surface area (Å²) >= 11 is 6.48. The Morgan fingerprint density at radius 3 is 2.67 bits per heavy atom. The van der Waals surface area contributed by atoms with Gasteiger partial charge in [0.15, 0.2) is 0 Å². The lowest BCUT2D eigenvalue weighted by atomic mass is 9.97. The van der Waals surface area contributed by atoms with Crippen LogP contribution in [0.15, 0.2) is 18.2 Å². The molecule has 0 saturated carbocycles. The van der Waals surface area contributed by atoms with Gasteiger partial charge in [0.25, 0.3) is 0 Å². The van der Waals surface area contributed by atoms with Gasteiger partial charge in [-0.05, 0) is 49.3 Å². The van der Waals surface area contributed by atoms with Gasteiger partial charge in [0.05, 0.1) is 10.7 Å². The number of benzene rings is 1. The van der Waals surface area contributed by atoms with E-state index in [9.17, 15) is 0 Å². The fourth-order valence-corrected chi connectivity index (χ4v) is 3.28. The lowest BCUT2D eigenvalue weighted by Crippen LogP contribution is -2.35. The molecular weight excluding hydrogens is 284 g/mol. The Morgan fingerprint density at radius 1 is 1.38 bits per heavy atom. The van der Waals surface area contributed by atoms with E-state index in [1.807, 2.05) is 0 Å². The molecule has 0 bridgehead atoms. The van der Waals surface area contributed by atoms with Crippen molar-refractivity contribution in [2.75, 3.05) is 31.7 Å². The summed E-state index contributed by atoms with van der Waals surface area (Å²) in [5, 5.41) is 0.848. The van der Waals surface area contributed by atoms with E-state index in [2.05, 4.69) is 30.0 Å². The predicted octanol–water partition coefficient (Wildman–Crippen LogP) is 3.48. The first-order valence-electron chi connectivity index (χ1n) is 7.92. The number of nitrogens with two attached hydrogens (primary N) is 1. The van der Waals surface area contributed by atoms with Crippen molar-refractivity contribution in [3.63, 3.8) is 0 Å². The third-order valence-corrected chi connectivity index (χ3v) is 4.69. The van der Waals surface area contributed by atoms with Crippen LogP contribution in [0.2, 0.25) is 5.02 Å². The fourth-order valence-electron chi connectivity index (χ4n) is 2.96. The Bertz CT molecular complexity index is 444. The normalized spacial score (nSPS) is 18.0. The molecule has 2 N–H and O–H groups in total. The van der Waals surface area contributed by atoms with Crippen molar-refractivity contribution in [3.8, 4) is 0 Å². The molecule has 1 aliphatic rings. The van der Waals surface area contributed by atoms with Gasteiger partial charge in [-0.15, -0.1) is 0 Å². The molecule has 21 heavy (non-hydrogen) atoms. The molecule has 3 nitrogen and oxygen atoms in total. The second-order valence-electron chi connectivity index (χ2n) is 6.04. The van der Waals surface area contributed by atoms with Gasteiger partial charge < -0.3 is 15.4 Å². The largest absolute Gasteiger partial charge is 0.384 e. The van der Waals surface area contributed by atoms with E-state index in [-0.39, 0.29) is 6.04 Å². The Labute approximate surface area is 133 Å². The van der Waals surface area contributed by atoms with Crippen LogP contribution in [0.3, 0.4) is 0 Å². The summed E-state index contributed by atoms with van der Waals surface area (Å²) in [6.45, 7) is 5.10. The summed E-state index contributed by atoms with van der Waals surface area (Å²) in [5.74, 6) is 0.687. The third kappa shape index (κ3) is 4.60. The van der Waals surface area contributed by atoms with Gasteiger partial charge >= 0.3 is 0 Å². The predicted molar refractivity (Wildman–Crippen MR) is 90.2 cm³/mol. The number of methoxy groups -OCH3 is 1. The second kappa shape index (κ2) is 8.02. The Kier molecular flexibility index (Phi) is 6.34. The number of hydrogen-bond acceptors (Lipinski definition) is 3. The standard InChI is InChI=1S/C17H27ClN2O/c1-3-15(19)10-14-4-5-17(16(18)11-14)20-8-6-13(7-9-20)12-21-2/h4-5,11,13,15H,3,6-10,12,19H2,1-2H3. The summed E-state index contributed by atoms with van der Waals surface area (Å²) in [4.78, 5) is 2.39. The summed E-state index contributed by atoms with van der Waals surface area (Å²) in [6.07, 6.45) is 4.23. The first kappa shape index (κ1) is 16.6. The number of ether oxygens (including phenoxy) is 1. The lowest BCUT2D eigenvalue weighted by Gasteiger charge is -2.34. The zero-order valence-corrected chi connectivity index (χ0v) is 13.9. The molecule has 1 atom stereocenters. The van der Waals surface area contributed by atoms with E-state index >= 15 is 0 Å². The van der Waals surface area contributed by atoms with Crippen molar-refractivity contribution in [3.05, 3.63) is 28.8 Å². The molecule has 0 aromatic heterocycles. The molecule has 1 saturated heterocycles. The fraction of sp³-hybridized carbons (Fsp3) is 0.647. The Hall–Kier alpha value is -0.770. The molecule has 4 heteroatoms. The molecule has 0 amide bonds. The van der Waals surface area contributed by atoms with Gasteiger partial charge in [-0.2, -0.15) is 0 Å². The van der Waals surface area contributed by atoms with Crippen LogP contribution in [0.1, 0.15) is 31.7 Å². The van der Waals surface area contributed by atoms with Crippen molar-refractivity contribution in [1.82, 2.24) is 0 Å². The average molecular weight is 311 g/mol. The van der Waals surface area contributed by atoms with Crippen molar-refractivity contribution in [2.45, 2.75) is 38.6 Å². The number of halogens is 1. The molecule has 1 fully saturated rings. The summed E-state index contributed by atoms with van der Waals surface area (Å²) in [7, 11) is 1.78. The minimum Gasteiger partial charge on any atom is -0.384 e. The van der Waals surface area contributed by atoms with E-state index in [1.165, 1.54) is 18.4 Å². The van der Waals surface area contributed by atoms with Crippen molar-refractivity contribution >= 4 is 17.3 Å². The van der Waals surface area contributed by atoms with Gasteiger partial charge in [0.1, 0.15) is 0 Å². The molecule has 1 heterocycles. The molecule has 1 unspecified atom stereocenters. The van der Waals surface area contributed by atoms with Crippen molar-refractivity contribution < 1.29 is 4.74 Å². The zero-order chi connectivity index (χ0) is 15.2. The van der Waals surface area contributed by atoms with Crippen LogP contribution in [0.4, 0.5) is 5.69 Å². The van der Waals surface area contributed by atoms with E-state index < -0.39 is 0 Å². The maximum Gasteiger partial charge on any atom is 0.0642 e. The second-order valence-corrected chi connectivity index (χ2v) is 6.45. The molecule has 1 aliphatic heterocycles. The van der Waals surface area contributed by atoms with Crippen LogP contribution in [0.5, 0.6) is 0 Å². The number of nitrogens with zero attached hydrogens (tertiary/aromatic N) is 1. The maximum atomic E-state index is 6.48. The monoisotopic (exact) mass is 310 g/mol. The lowest BCUT2D eigenvalue weighted by molar-refractivity contribution is 0.139. The highest BCUT2D eigenvalue weighted by Crippen LogP contribution is 2.31. The first-order valence-corrected chi connectivity index (χ1v) is 8.29. The van der Waals surface area contributed by atoms with E-state index in [0.717, 1.165) is 43.2 Å². The third-order valence-electron chi connectivity index (χ3n) is 4.39. The van der Waals surface area contributed by atoms with Crippen LogP contribution >= 0.6 is 11.6 Å². The number of anilines is 1. The van der Waals surface area contributed by atoms with Crippen LogP contribution in [-0.4, -0.2) is 32.8 Å². The smallest absolute Gasteiger partial charge is 0.0642 e. The number of piperidine rings is 1. The number of hydrogen-bond donors (Lipinski definition) is 1. The topological polar surface area (TPSA) is 38.5 Å². The van der Waals surface area contributed by atoms with Crippen molar-refractivity contribution in [2.24, 2.45) is 11.7 Å². The number of rotatable bonds is 6. The van der Waals surface area contributed by atoms with Gasteiger partial charge in [-0.3, -0.25) is 0 Å². The SMILES string of the molecule is CCC(N)Cc1ccc(N2CCC(COC)CC2)c(Cl)c1. The van der Waals surface area contributed by atoms with Crippen LogP contribution in [-0.2, 0) is 11.2 Å². The highest BCUT2D eigenvalue weighted by Gasteiger charge is 2.20. The minimum atomic E-state index is 0.219.